The molecule has 0 saturated heterocycles. The molecule has 0 saturated carbocycles. The van der Waals surface area contributed by atoms with E-state index in [0.717, 1.165) is 38.1 Å². The minimum atomic E-state index is -0.434. The molecule has 0 fully saturated rings. The number of ketones is 1. The van der Waals surface area contributed by atoms with Crippen LogP contribution in [-0.4, -0.2) is 16.7 Å². The van der Waals surface area contributed by atoms with E-state index in [-0.39, 0.29) is 17.1 Å². The number of hydrogen-bond donors (Lipinski definition) is 2. The molecule has 1 aliphatic carbocycles. The number of dihydropyridines is 1. The largest absolute Gasteiger partial charge is 0.362 e. The Bertz CT molecular complexity index is 1340. The molecule has 2 aliphatic rings. The Kier molecular flexibility index (Phi) is 5.49. The number of Topliss-reactive ketones (excluding diaryl/α,β-unsaturated/α-hetero) is 1. The molecular formula is C26H24BrN3O2S. The van der Waals surface area contributed by atoms with E-state index in [2.05, 4.69) is 45.4 Å². The lowest BCUT2D eigenvalue weighted by molar-refractivity contribution is -0.118. The molecular weight excluding hydrogens is 498 g/mol. The minimum absolute atomic E-state index is 0.0940. The zero-order chi connectivity index (χ0) is 23.3. The van der Waals surface area contributed by atoms with Gasteiger partial charge in [-0.05, 0) is 48.6 Å². The van der Waals surface area contributed by atoms with Crippen molar-refractivity contribution < 1.29 is 9.59 Å². The molecule has 168 valence electrons. The van der Waals surface area contributed by atoms with Crippen molar-refractivity contribution in [3.63, 3.8) is 0 Å². The molecule has 0 unspecified atom stereocenters. The second-order valence-electron chi connectivity index (χ2n) is 9.43. The molecule has 33 heavy (non-hydrogen) atoms. The molecule has 0 spiro atoms. The van der Waals surface area contributed by atoms with E-state index in [9.17, 15) is 9.59 Å². The summed E-state index contributed by atoms with van der Waals surface area (Å²) < 4.78 is 1.92. The molecule has 2 N–H and O–H groups in total. The number of halogens is 1. The first kappa shape index (κ1) is 22.0. The summed E-state index contributed by atoms with van der Waals surface area (Å²) in [4.78, 5) is 31.6. The van der Waals surface area contributed by atoms with Gasteiger partial charge < -0.3 is 5.32 Å². The van der Waals surface area contributed by atoms with Gasteiger partial charge in [0.25, 0.3) is 5.91 Å². The number of para-hydroxylation sites is 1. The number of nitrogens with one attached hydrogen (secondary N) is 2. The number of anilines is 1. The van der Waals surface area contributed by atoms with Gasteiger partial charge in [0.15, 0.2) is 10.9 Å². The highest BCUT2D eigenvalue weighted by atomic mass is 79.9. The number of amides is 1. The zero-order valence-electron chi connectivity index (χ0n) is 18.7. The number of allylic oxidation sites excluding steroid dienone is 3. The lowest BCUT2D eigenvalue weighted by Crippen LogP contribution is -2.39. The second-order valence-corrected chi connectivity index (χ2v) is 11.4. The highest BCUT2D eigenvalue weighted by Crippen LogP contribution is 2.47. The molecule has 1 amide bonds. The SMILES string of the molecule is CC1=C(C(=O)Nc2nc3ccccc3s2)[C@@H](c2cccc(Br)c2)C2=C(CC(C)(C)CC2=O)N1. The molecule has 3 aromatic rings. The quantitative estimate of drug-likeness (QED) is 0.424. The Hall–Kier alpha value is -2.77. The van der Waals surface area contributed by atoms with Gasteiger partial charge in [-0.1, -0.05) is 65.4 Å². The van der Waals surface area contributed by atoms with Gasteiger partial charge in [0.05, 0.1) is 10.2 Å². The molecule has 5 rings (SSSR count). The van der Waals surface area contributed by atoms with Crippen LogP contribution >= 0.6 is 27.3 Å². The third-order valence-corrected chi connectivity index (χ3v) is 7.63. The second kappa shape index (κ2) is 8.22. The summed E-state index contributed by atoms with van der Waals surface area (Å²) in [5.41, 5.74) is 4.60. The molecule has 7 heteroatoms. The third-order valence-electron chi connectivity index (χ3n) is 6.18. The van der Waals surface area contributed by atoms with Crippen LogP contribution < -0.4 is 10.6 Å². The van der Waals surface area contributed by atoms with E-state index in [1.165, 1.54) is 11.3 Å². The molecule has 2 aromatic carbocycles. The highest BCUT2D eigenvalue weighted by molar-refractivity contribution is 9.10. The van der Waals surface area contributed by atoms with Gasteiger partial charge in [0.2, 0.25) is 0 Å². The number of hydrogen-bond acceptors (Lipinski definition) is 5. The fraction of sp³-hybridized carbons (Fsp3) is 0.269. The van der Waals surface area contributed by atoms with E-state index >= 15 is 0 Å². The Morgan fingerprint density at radius 2 is 1.97 bits per heavy atom. The van der Waals surface area contributed by atoms with Crippen LogP contribution in [-0.2, 0) is 9.59 Å². The standard InChI is InChI=1S/C26H24BrN3O2S/c1-14-21(24(32)30-25-29-17-9-4-5-10-20(17)33-25)22(15-7-6-8-16(27)11-15)23-18(28-14)12-26(2,3)13-19(23)31/h4-11,22,28H,12-13H2,1-3H3,(H,29,30,32)/t22-/m1/s1. The lowest BCUT2D eigenvalue weighted by atomic mass is 9.68. The summed E-state index contributed by atoms with van der Waals surface area (Å²) in [7, 11) is 0. The van der Waals surface area contributed by atoms with Crippen LogP contribution in [0.15, 0.2) is 75.5 Å². The normalized spacial score (nSPS) is 20.0. The fourth-order valence-electron chi connectivity index (χ4n) is 4.85. The molecule has 1 aromatic heterocycles. The molecule has 1 atom stereocenters. The summed E-state index contributed by atoms with van der Waals surface area (Å²) in [5, 5.41) is 6.95. The number of rotatable bonds is 3. The summed E-state index contributed by atoms with van der Waals surface area (Å²) >= 11 is 4.99. The first-order chi connectivity index (χ1) is 15.7. The van der Waals surface area contributed by atoms with Crippen LogP contribution in [0, 0.1) is 5.41 Å². The van der Waals surface area contributed by atoms with Crippen LogP contribution in [0.4, 0.5) is 5.13 Å². The summed E-state index contributed by atoms with van der Waals surface area (Å²) in [6.45, 7) is 6.13. The molecule has 0 bridgehead atoms. The first-order valence-corrected chi connectivity index (χ1v) is 12.5. The van der Waals surface area contributed by atoms with Crippen LogP contribution in [0.1, 0.15) is 45.1 Å². The Balaban J connectivity index is 1.58. The van der Waals surface area contributed by atoms with Gasteiger partial charge in [-0.25, -0.2) is 4.98 Å². The lowest BCUT2D eigenvalue weighted by Gasteiger charge is -2.39. The van der Waals surface area contributed by atoms with Crippen molar-refractivity contribution in [1.82, 2.24) is 10.3 Å². The number of thiazole rings is 1. The molecule has 5 nitrogen and oxygen atoms in total. The predicted molar refractivity (Wildman–Crippen MR) is 136 cm³/mol. The van der Waals surface area contributed by atoms with Crippen molar-refractivity contribution >= 4 is 54.3 Å². The summed E-state index contributed by atoms with van der Waals surface area (Å²) in [6, 6.07) is 15.7. The van der Waals surface area contributed by atoms with Gasteiger partial charge in [-0.3, -0.25) is 14.9 Å². The van der Waals surface area contributed by atoms with Crippen molar-refractivity contribution in [2.24, 2.45) is 5.41 Å². The number of benzene rings is 2. The monoisotopic (exact) mass is 521 g/mol. The number of fused-ring (bicyclic) bond motifs is 1. The van der Waals surface area contributed by atoms with Crippen molar-refractivity contribution in [1.29, 1.82) is 0 Å². The maximum Gasteiger partial charge on any atom is 0.256 e. The average molecular weight is 522 g/mol. The van der Waals surface area contributed by atoms with Crippen LogP contribution in [0.3, 0.4) is 0 Å². The van der Waals surface area contributed by atoms with Gasteiger partial charge in [-0.15, -0.1) is 0 Å². The average Bonchev–Trinajstić information content (AvgIpc) is 3.13. The summed E-state index contributed by atoms with van der Waals surface area (Å²) in [5.74, 6) is -0.582. The first-order valence-electron chi connectivity index (χ1n) is 10.9. The van der Waals surface area contributed by atoms with Crippen LogP contribution in [0.2, 0.25) is 0 Å². The molecule has 2 heterocycles. The number of carbonyl (C=O) groups excluding carboxylic acids is 2. The molecule has 1 aliphatic heterocycles. The Morgan fingerprint density at radius 3 is 2.73 bits per heavy atom. The van der Waals surface area contributed by atoms with Gasteiger partial charge in [0.1, 0.15) is 0 Å². The van der Waals surface area contributed by atoms with E-state index in [1.54, 1.807) is 0 Å². The fourth-order valence-corrected chi connectivity index (χ4v) is 6.12. The van der Waals surface area contributed by atoms with Crippen molar-refractivity contribution in [3.05, 3.63) is 81.1 Å². The van der Waals surface area contributed by atoms with Crippen molar-refractivity contribution in [3.8, 4) is 0 Å². The Morgan fingerprint density at radius 1 is 1.18 bits per heavy atom. The third kappa shape index (κ3) is 4.15. The van der Waals surface area contributed by atoms with Crippen LogP contribution in [0.25, 0.3) is 10.2 Å². The highest BCUT2D eigenvalue weighted by Gasteiger charge is 2.42. The van der Waals surface area contributed by atoms with Gasteiger partial charge >= 0.3 is 0 Å². The summed E-state index contributed by atoms with van der Waals surface area (Å²) in [6.07, 6.45) is 1.23. The van der Waals surface area contributed by atoms with Gasteiger partial charge in [-0.2, -0.15) is 0 Å². The van der Waals surface area contributed by atoms with Crippen molar-refractivity contribution in [2.45, 2.75) is 39.5 Å². The smallest absolute Gasteiger partial charge is 0.256 e. The minimum Gasteiger partial charge on any atom is -0.362 e. The number of carbonyl (C=O) groups is 2. The predicted octanol–water partition coefficient (Wildman–Crippen LogP) is 6.30. The Labute approximate surface area is 205 Å². The van der Waals surface area contributed by atoms with Crippen molar-refractivity contribution in [2.75, 3.05) is 5.32 Å². The van der Waals surface area contributed by atoms with E-state index in [1.807, 2.05) is 55.5 Å². The number of aromatic nitrogens is 1. The maximum atomic E-state index is 13.6. The molecule has 0 radical (unpaired) electrons. The van der Waals surface area contributed by atoms with E-state index in [0.29, 0.717) is 22.7 Å². The van der Waals surface area contributed by atoms with E-state index in [4.69, 9.17) is 0 Å². The topological polar surface area (TPSA) is 71.1 Å². The van der Waals surface area contributed by atoms with E-state index < -0.39 is 5.92 Å². The van der Waals surface area contributed by atoms with Crippen LogP contribution in [0.5, 0.6) is 0 Å². The maximum absolute atomic E-state index is 13.6. The van der Waals surface area contributed by atoms with Gasteiger partial charge in [0, 0.05) is 39.4 Å². The zero-order valence-corrected chi connectivity index (χ0v) is 21.1. The number of nitrogens with zero attached hydrogens (tertiary/aromatic N) is 1.